The van der Waals surface area contributed by atoms with Gasteiger partial charge in [0.1, 0.15) is 12.1 Å². The Morgan fingerprint density at radius 2 is 2.28 bits per heavy atom. The predicted octanol–water partition coefficient (Wildman–Crippen LogP) is -0.257. The molecular weight excluding hydrogens is 330 g/mol. The summed E-state index contributed by atoms with van der Waals surface area (Å²) in [4.78, 5) is 24.8. The van der Waals surface area contributed by atoms with E-state index in [0.29, 0.717) is 24.6 Å². The molecule has 25 heavy (non-hydrogen) atoms. The van der Waals surface area contributed by atoms with Gasteiger partial charge in [-0.15, -0.1) is 5.10 Å². The zero-order valence-electron chi connectivity index (χ0n) is 13.3. The summed E-state index contributed by atoms with van der Waals surface area (Å²) in [6.45, 7) is 0.767. The summed E-state index contributed by atoms with van der Waals surface area (Å²) in [7, 11) is 0. The molecule has 2 heterocycles. The SMILES string of the molecule is O=C(O)C[C@H]1COCCN1C(=O)COc1cccc(-n2cnnn2)c1. The summed E-state index contributed by atoms with van der Waals surface area (Å²) in [5, 5.41) is 19.9. The van der Waals surface area contributed by atoms with E-state index < -0.39 is 12.0 Å². The molecule has 1 aromatic carbocycles. The number of hydrogen-bond donors (Lipinski definition) is 1. The third-order valence-corrected chi connectivity index (χ3v) is 3.75. The van der Waals surface area contributed by atoms with Gasteiger partial charge in [-0.25, -0.2) is 4.68 Å². The van der Waals surface area contributed by atoms with E-state index in [-0.39, 0.29) is 25.5 Å². The van der Waals surface area contributed by atoms with E-state index in [1.807, 2.05) is 0 Å². The number of tetrazole rings is 1. The van der Waals surface area contributed by atoms with Crippen molar-refractivity contribution in [3.8, 4) is 11.4 Å². The number of nitrogens with zero attached hydrogens (tertiary/aromatic N) is 5. The Kier molecular flexibility index (Phi) is 5.19. The Balaban J connectivity index is 1.61. The number of hydrogen-bond acceptors (Lipinski definition) is 7. The van der Waals surface area contributed by atoms with Crippen LogP contribution in [-0.4, -0.2) is 74.5 Å². The Morgan fingerprint density at radius 3 is 3.04 bits per heavy atom. The third-order valence-electron chi connectivity index (χ3n) is 3.75. The largest absolute Gasteiger partial charge is 0.484 e. The smallest absolute Gasteiger partial charge is 0.305 e. The van der Waals surface area contributed by atoms with E-state index in [4.69, 9.17) is 14.6 Å². The molecule has 1 aliphatic rings. The number of carbonyl (C=O) groups excluding carboxylic acids is 1. The van der Waals surface area contributed by atoms with Crippen molar-refractivity contribution in [2.75, 3.05) is 26.4 Å². The normalized spacial score (nSPS) is 17.3. The van der Waals surface area contributed by atoms with Gasteiger partial charge in [0.2, 0.25) is 0 Å². The average Bonchev–Trinajstić information content (AvgIpc) is 3.15. The number of carboxylic acid groups (broad SMARTS) is 1. The Bertz CT molecular complexity index is 736. The van der Waals surface area contributed by atoms with Crippen molar-refractivity contribution in [1.82, 2.24) is 25.1 Å². The van der Waals surface area contributed by atoms with E-state index in [1.54, 1.807) is 24.3 Å². The van der Waals surface area contributed by atoms with Gasteiger partial charge in [0.25, 0.3) is 5.91 Å². The summed E-state index contributed by atoms with van der Waals surface area (Å²) < 4.78 is 12.3. The first-order valence-corrected chi connectivity index (χ1v) is 7.69. The highest BCUT2D eigenvalue weighted by atomic mass is 16.5. The molecule has 0 bridgehead atoms. The van der Waals surface area contributed by atoms with Crippen LogP contribution >= 0.6 is 0 Å². The van der Waals surface area contributed by atoms with Crippen molar-refractivity contribution in [1.29, 1.82) is 0 Å². The van der Waals surface area contributed by atoms with Crippen LogP contribution in [0.4, 0.5) is 0 Å². The predicted molar refractivity (Wildman–Crippen MR) is 83.2 cm³/mol. The summed E-state index contributed by atoms with van der Waals surface area (Å²) >= 11 is 0. The van der Waals surface area contributed by atoms with E-state index >= 15 is 0 Å². The minimum atomic E-state index is -0.969. The molecule has 1 N–H and O–H groups in total. The van der Waals surface area contributed by atoms with Crippen molar-refractivity contribution in [2.45, 2.75) is 12.5 Å². The number of morpholine rings is 1. The minimum Gasteiger partial charge on any atom is -0.484 e. The second kappa shape index (κ2) is 7.71. The standard InChI is InChI=1S/C15H17N5O5/c21-14(19-4-5-24-8-12(19)7-15(22)23)9-25-13-3-1-2-11(6-13)20-10-16-17-18-20/h1-3,6,10,12H,4-5,7-9H2,(H,22,23)/t12-/m0/s1. The molecule has 0 aliphatic carbocycles. The van der Waals surface area contributed by atoms with E-state index in [2.05, 4.69) is 15.5 Å². The summed E-state index contributed by atoms with van der Waals surface area (Å²) in [6.07, 6.45) is 1.30. The Morgan fingerprint density at radius 1 is 1.40 bits per heavy atom. The number of ether oxygens (including phenoxy) is 2. The molecular formula is C15H17N5O5. The highest BCUT2D eigenvalue weighted by molar-refractivity contribution is 5.79. The molecule has 0 saturated carbocycles. The number of carbonyl (C=O) groups is 2. The van der Waals surface area contributed by atoms with Crippen LogP contribution in [0.25, 0.3) is 5.69 Å². The van der Waals surface area contributed by atoms with Gasteiger partial charge < -0.3 is 19.5 Å². The quantitative estimate of drug-likeness (QED) is 0.759. The molecule has 132 valence electrons. The van der Waals surface area contributed by atoms with Gasteiger partial charge in [-0.2, -0.15) is 0 Å². The maximum absolute atomic E-state index is 12.4. The van der Waals surface area contributed by atoms with Crippen molar-refractivity contribution < 1.29 is 24.2 Å². The lowest BCUT2D eigenvalue weighted by molar-refractivity contribution is -0.147. The zero-order chi connectivity index (χ0) is 17.6. The monoisotopic (exact) mass is 347 g/mol. The summed E-state index contributed by atoms with van der Waals surface area (Å²) in [6, 6.07) is 6.51. The fourth-order valence-electron chi connectivity index (χ4n) is 2.58. The van der Waals surface area contributed by atoms with Crippen LogP contribution in [0.2, 0.25) is 0 Å². The molecule has 1 amide bonds. The summed E-state index contributed by atoms with van der Waals surface area (Å²) in [5.74, 6) is -0.755. The minimum absolute atomic E-state index is 0.152. The number of carboxylic acids is 1. The van der Waals surface area contributed by atoms with Crippen LogP contribution in [-0.2, 0) is 14.3 Å². The fourth-order valence-corrected chi connectivity index (χ4v) is 2.58. The lowest BCUT2D eigenvalue weighted by Gasteiger charge is -2.34. The molecule has 10 nitrogen and oxygen atoms in total. The fraction of sp³-hybridized carbons (Fsp3) is 0.400. The molecule has 0 radical (unpaired) electrons. The van der Waals surface area contributed by atoms with Gasteiger partial charge in [0, 0.05) is 12.6 Å². The second-order valence-corrected chi connectivity index (χ2v) is 5.45. The molecule has 0 spiro atoms. The van der Waals surface area contributed by atoms with Crippen molar-refractivity contribution in [3.05, 3.63) is 30.6 Å². The van der Waals surface area contributed by atoms with Crippen LogP contribution < -0.4 is 4.74 Å². The molecule has 10 heteroatoms. The Hall–Kier alpha value is -3.01. The first-order chi connectivity index (χ1) is 12.1. The van der Waals surface area contributed by atoms with E-state index in [9.17, 15) is 9.59 Å². The van der Waals surface area contributed by atoms with Gasteiger partial charge in [-0.05, 0) is 22.6 Å². The highest BCUT2D eigenvalue weighted by Crippen LogP contribution is 2.17. The number of aliphatic carboxylic acids is 1. The molecule has 1 fully saturated rings. The molecule has 1 aliphatic heterocycles. The Labute approximate surface area is 142 Å². The van der Waals surface area contributed by atoms with E-state index in [0.717, 1.165) is 0 Å². The maximum atomic E-state index is 12.4. The van der Waals surface area contributed by atoms with E-state index in [1.165, 1.54) is 15.9 Å². The molecule has 2 aromatic rings. The number of benzene rings is 1. The van der Waals surface area contributed by atoms with Crippen molar-refractivity contribution in [2.24, 2.45) is 0 Å². The van der Waals surface area contributed by atoms with Crippen molar-refractivity contribution in [3.63, 3.8) is 0 Å². The first-order valence-electron chi connectivity index (χ1n) is 7.69. The topological polar surface area (TPSA) is 120 Å². The van der Waals surface area contributed by atoms with Crippen LogP contribution in [0.5, 0.6) is 5.75 Å². The average molecular weight is 347 g/mol. The van der Waals surface area contributed by atoms with Gasteiger partial charge in [-0.3, -0.25) is 9.59 Å². The summed E-state index contributed by atoms with van der Waals surface area (Å²) in [5.41, 5.74) is 0.699. The number of amides is 1. The number of rotatable bonds is 6. The van der Waals surface area contributed by atoms with Gasteiger partial charge >= 0.3 is 5.97 Å². The zero-order valence-corrected chi connectivity index (χ0v) is 13.3. The lowest BCUT2D eigenvalue weighted by Crippen LogP contribution is -2.51. The highest BCUT2D eigenvalue weighted by Gasteiger charge is 2.29. The van der Waals surface area contributed by atoms with Crippen molar-refractivity contribution >= 4 is 11.9 Å². The van der Waals surface area contributed by atoms with Gasteiger partial charge in [0.05, 0.1) is 31.4 Å². The van der Waals surface area contributed by atoms with Gasteiger partial charge in [0.15, 0.2) is 6.61 Å². The third kappa shape index (κ3) is 4.29. The van der Waals surface area contributed by atoms with Crippen LogP contribution in [0.1, 0.15) is 6.42 Å². The second-order valence-electron chi connectivity index (χ2n) is 5.45. The van der Waals surface area contributed by atoms with Gasteiger partial charge in [-0.1, -0.05) is 6.07 Å². The van der Waals surface area contributed by atoms with Crippen LogP contribution in [0.15, 0.2) is 30.6 Å². The molecule has 3 rings (SSSR count). The maximum Gasteiger partial charge on any atom is 0.305 e. The van der Waals surface area contributed by atoms with Crippen LogP contribution in [0, 0.1) is 0 Å². The lowest BCUT2D eigenvalue weighted by atomic mass is 10.1. The first kappa shape index (κ1) is 16.8. The van der Waals surface area contributed by atoms with Crippen LogP contribution in [0.3, 0.4) is 0 Å². The molecule has 1 saturated heterocycles. The molecule has 0 unspecified atom stereocenters. The molecule has 1 aromatic heterocycles. The number of aromatic nitrogens is 4. The molecule has 1 atom stereocenters.